The molecule has 17 heavy (non-hydrogen) atoms. The Balaban J connectivity index is 2.66. The summed E-state index contributed by atoms with van der Waals surface area (Å²) in [5, 5.41) is 3.26. The van der Waals surface area contributed by atoms with Crippen molar-refractivity contribution in [3.05, 3.63) is 35.1 Å². The Hall–Kier alpha value is -1.03. The van der Waals surface area contributed by atoms with Crippen molar-refractivity contribution in [2.24, 2.45) is 0 Å². The van der Waals surface area contributed by atoms with Crippen molar-refractivity contribution in [2.75, 3.05) is 6.54 Å². The highest BCUT2D eigenvalue weighted by atomic mass is 19.2. The van der Waals surface area contributed by atoms with Gasteiger partial charge in [-0.15, -0.1) is 0 Å². The molecule has 1 N–H and O–H groups in total. The first-order valence-electron chi connectivity index (χ1n) is 5.95. The van der Waals surface area contributed by atoms with Crippen LogP contribution in [-0.2, 0) is 6.42 Å². The minimum Gasteiger partial charge on any atom is -0.314 e. The Labute approximate surface area is 100 Å². The van der Waals surface area contributed by atoms with Crippen LogP contribution in [0.3, 0.4) is 0 Å². The monoisotopic (exact) mass is 245 g/mol. The summed E-state index contributed by atoms with van der Waals surface area (Å²) in [4.78, 5) is 0. The first-order valence-corrected chi connectivity index (χ1v) is 5.95. The number of hydrogen-bond acceptors (Lipinski definition) is 1. The first-order chi connectivity index (χ1) is 8.10. The summed E-state index contributed by atoms with van der Waals surface area (Å²) >= 11 is 0. The first kappa shape index (κ1) is 14.0. The van der Waals surface area contributed by atoms with Gasteiger partial charge in [-0.1, -0.05) is 19.9 Å². The Kier molecular flexibility index (Phi) is 5.48. The molecule has 1 atom stereocenters. The maximum atomic E-state index is 13.4. The van der Waals surface area contributed by atoms with Crippen molar-refractivity contribution in [2.45, 2.75) is 39.2 Å². The Morgan fingerprint density at radius 1 is 1.12 bits per heavy atom. The highest BCUT2D eigenvalue weighted by Gasteiger charge is 2.14. The Bertz CT molecular complexity index is 366. The highest BCUT2D eigenvalue weighted by Crippen LogP contribution is 2.17. The van der Waals surface area contributed by atoms with Crippen molar-refractivity contribution >= 4 is 0 Å². The van der Waals surface area contributed by atoms with Gasteiger partial charge in [0.2, 0.25) is 0 Å². The minimum absolute atomic E-state index is 0.236. The molecule has 0 spiro atoms. The second kappa shape index (κ2) is 6.64. The zero-order valence-electron chi connectivity index (χ0n) is 10.2. The van der Waals surface area contributed by atoms with Crippen LogP contribution < -0.4 is 5.32 Å². The molecular weight excluding hydrogens is 227 g/mol. The number of nitrogens with one attached hydrogen (secondary N) is 1. The molecule has 0 saturated heterocycles. The predicted molar refractivity (Wildman–Crippen MR) is 62.4 cm³/mol. The van der Waals surface area contributed by atoms with Crippen LogP contribution in [0.1, 0.15) is 32.3 Å². The minimum atomic E-state index is -1.38. The van der Waals surface area contributed by atoms with Gasteiger partial charge in [-0.3, -0.25) is 0 Å². The molecular formula is C13H18F3N. The quantitative estimate of drug-likeness (QED) is 0.757. The number of halogens is 3. The van der Waals surface area contributed by atoms with Crippen LogP contribution >= 0.6 is 0 Å². The fourth-order valence-electron chi connectivity index (χ4n) is 1.83. The van der Waals surface area contributed by atoms with Crippen LogP contribution in [0, 0.1) is 17.5 Å². The molecule has 0 aliphatic rings. The SMILES string of the molecule is CCNC(CC)CCc1ccc(F)c(F)c1F. The molecule has 4 heteroatoms. The van der Waals surface area contributed by atoms with E-state index in [1.807, 2.05) is 13.8 Å². The van der Waals surface area contributed by atoms with Gasteiger partial charge in [0.05, 0.1) is 0 Å². The van der Waals surface area contributed by atoms with Gasteiger partial charge in [-0.25, -0.2) is 13.2 Å². The van der Waals surface area contributed by atoms with Crippen LogP contribution in [0.2, 0.25) is 0 Å². The van der Waals surface area contributed by atoms with Crippen LogP contribution in [0.4, 0.5) is 13.2 Å². The van der Waals surface area contributed by atoms with E-state index in [4.69, 9.17) is 0 Å². The summed E-state index contributed by atoms with van der Waals surface area (Å²) in [6, 6.07) is 2.57. The summed E-state index contributed by atoms with van der Waals surface area (Å²) in [6.45, 7) is 4.88. The molecule has 0 radical (unpaired) electrons. The lowest BCUT2D eigenvalue weighted by molar-refractivity contribution is 0.433. The second-order valence-corrected chi connectivity index (χ2v) is 4.04. The smallest absolute Gasteiger partial charge is 0.194 e. The number of benzene rings is 1. The Morgan fingerprint density at radius 2 is 1.82 bits per heavy atom. The van der Waals surface area contributed by atoms with E-state index in [-0.39, 0.29) is 11.6 Å². The van der Waals surface area contributed by atoms with E-state index in [1.54, 1.807) is 0 Å². The molecule has 0 aliphatic carbocycles. The van der Waals surface area contributed by atoms with Gasteiger partial charge in [-0.2, -0.15) is 0 Å². The van der Waals surface area contributed by atoms with E-state index in [1.165, 1.54) is 6.07 Å². The zero-order chi connectivity index (χ0) is 12.8. The van der Waals surface area contributed by atoms with E-state index < -0.39 is 17.5 Å². The largest absolute Gasteiger partial charge is 0.314 e. The Morgan fingerprint density at radius 3 is 2.41 bits per heavy atom. The lowest BCUT2D eigenvalue weighted by Gasteiger charge is -2.15. The van der Waals surface area contributed by atoms with Crippen LogP contribution in [0.15, 0.2) is 12.1 Å². The molecule has 1 unspecified atom stereocenters. The van der Waals surface area contributed by atoms with E-state index in [0.29, 0.717) is 12.8 Å². The highest BCUT2D eigenvalue weighted by molar-refractivity contribution is 5.20. The molecule has 0 heterocycles. The van der Waals surface area contributed by atoms with Crippen LogP contribution in [0.25, 0.3) is 0 Å². The molecule has 0 fully saturated rings. The molecule has 0 aliphatic heterocycles. The average molecular weight is 245 g/mol. The lowest BCUT2D eigenvalue weighted by Crippen LogP contribution is -2.28. The van der Waals surface area contributed by atoms with Crippen molar-refractivity contribution in [1.82, 2.24) is 5.32 Å². The second-order valence-electron chi connectivity index (χ2n) is 4.04. The average Bonchev–Trinajstić information content (AvgIpc) is 2.33. The lowest BCUT2D eigenvalue weighted by atomic mass is 10.0. The molecule has 1 nitrogen and oxygen atoms in total. The normalized spacial score (nSPS) is 12.8. The third-order valence-corrected chi connectivity index (χ3v) is 2.86. The van der Waals surface area contributed by atoms with Gasteiger partial charge >= 0.3 is 0 Å². The summed E-state index contributed by atoms with van der Waals surface area (Å²) in [7, 11) is 0. The summed E-state index contributed by atoms with van der Waals surface area (Å²) in [6.07, 6.45) is 2.06. The molecule has 1 aromatic carbocycles. The third-order valence-electron chi connectivity index (χ3n) is 2.86. The van der Waals surface area contributed by atoms with Crippen LogP contribution in [-0.4, -0.2) is 12.6 Å². The summed E-state index contributed by atoms with van der Waals surface area (Å²) in [5.74, 6) is -3.57. The zero-order valence-corrected chi connectivity index (χ0v) is 10.2. The third kappa shape index (κ3) is 3.73. The van der Waals surface area contributed by atoms with Gasteiger partial charge < -0.3 is 5.32 Å². The molecule has 0 saturated carbocycles. The molecule has 96 valence electrons. The molecule has 0 bridgehead atoms. The van der Waals surface area contributed by atoms with Gasteiger partial charge in [0, 0.05) is 6.04 Å². The van der Waals surface area contributed by atoms with Gasteiger partial charge in [0.15, 0.2) is 17.5 Å². The number of rotatable bonds is 6. The predicted octanol–water partition coefficient (Wildman–Crippen LogP) is 3.42. The van der Waals surface area contributed by atoms with Crippen molar-refractivity contribution in [3.63, 3.8) is 0 Å². The summed E-state index contributed by atoms with van der Waals surface area (Å²) < 4.78 is 39.1. The molecule has 1 rings (SSSR count). The van der Waals surface area contributed by atoms with Crippen molar-refractivity contribution in [3.8, 4) is 0 Å². The fourth-order valence-corrected chi connectivity index (χ4v) is 1.83. The van der Waals surface area contributed by atoms with Crippen molar-refractivity contribution < 1.29 is 13.2 Å². The fraction of sp³-hybridized carbons (Fsp3) is 0.538. The van der Waals surface area contributed by atoms with Crippen molar-refractivity contribution in [1.29, 1.82) is 0 Å². The van der Waals surface area contributed by atoms with Gasteiger partial charge in [0.1, 0.15) is 0 Å². The van der Waals surface area contributed by atoms with E-state index in [0.717, 1.165) is 19.0 Å². The molecule has 0 aromatic heterocycles. The number of hydrogen-bond donors (Lipinski definition) is 1. The molecule has 0 amide bonds. The van der Waals surface area contributed by atoms with Gasteiger partial charge in [-0.05, 0) is 37.4 Å². The van der Waals surface area contributed by atoms with E-state index in [9.17, 15) is 13.2 Å². The maximum absolute atomic E-state index is 13.4. The molecule has 1 aromatic rings. The standard InChI is InChI=1S/C13H18F3N/c1-3-10(17-4-2)7-5-9-6-8-11(14)13(16)12(9)15/h6,8,10,17H,3-5,7H2,1-2H3. The van der Waals surface area contributed by atoms with Gasteiger partial charge in [0.25, 0.3) is 0 Å². The van der Waals surface area contributed by atoms with Crippen LogP contribution in [0.5, 0.6) is 0 Å². The van der Waals surface area contributed by atoms with E-state index in [2.05, 4.69) is 5.32 Å². The van der Waals surface area contributed by atoms with E-state index >= 15 is 0 Å². The topological polar surface area (TPSA) is 12.0 Å². The summed E-state index contributed by atoms with van der Waals surface area (Å²) in [5.41, 5.74) is 0.236. The maximum Gasteiger partial charge on any atom is 0.194 e. The number of aryl methyl sites for hydroxylation is 1.